The van der Waals surface area contributed by atoms with Crippen LogP contribution in [0, 0.1) is 12.7 Å². The minimum Gasteiger partial charge on any atom is -0.345 e. The third-order valence-electron chi connectivity index (χ3n) is 5.00. The van der Waals surface area contributed by atoms with Crippen LogP contribution in [0.3, 0.4) is 0 Å². The van der Waals surface area contributed by atoms with Gasteiger partial charge in [0.1, 0.15) is 18.2 Å². The summed E-state index contributed by atoms with van der Waals surface area (Å²) in [5.74, 6) is -0.469. The molecule has 0 spiro atoms. The first-order chi connectivity index (χ1) is 13.8. The highest BCUT2D eigenvalue weighted by Gasteiger charge is 2.14. The lowest BCUT2D eigenvalue weighted by atomic mass is 10.2. The van der Waals surface area contributed by atoms with Gasteiger partial charge in [-0.15, -0.1) is 0 Å². The Hall–Kier alpha value is -3.48. The van der Waals surface area contributed by atoms with E-state index in [9.17, 15) is 14.0 Å². The third kappa shape index (κ3) is 3.40. The zero-order valence-electron chi connectivity index (χ0n) is 16.4. The maximum absolute atomic E-state index is 13.5. The summed E-state index contributed by atoms with van der Waals surface area (Å²) in [6.07, 6.45) is 1.99. The van der Waals surface area contributed by atoms with E-state index in [1.807, 2.05) is 30.5 Å². The van der Waals surface area contributed by atoms with Gasteiger partial charge in [-0.1, -0.05) is 6.07 Å². The van der Waals surface area contributed by atoms with E-state index in [0.717, 1.165) is 17.0 Å². The van der Waals surface area contributed by atoms with Crippen molar-refractivity contribution < 1.29 is 9.18 Å². The van der Waals surface area contributed by atoms with Gasteiger partial charge >= 0.3 is 0 Å². The fraction of sp³-hybridized carbons (Fsp3) is 0.227. The Bertz CT molecular complexity index is 1300. The average molecular weight is 392 g/mol. The van der Waals surface area contributed by atoms with Gasteiger partial charge in [-0.2, -0.15) is 0 Å². The molecule has 0 atom stereocenters. The molecule has 0 fully saturated rings. The van der Waals surface area contributed by atoms with Crippen molar-refractivity contribution in [1.29, 1.82) is 0 Å². The summed E-state index contributed by atoms with van der Waals surface area (Å²) in [6.45, 7) is 5.64. The third-order valence-corrected chi connectivity index (χ3v) is 5.00. The molecule has 2 aromatic carbocycles. The Morgan fingerprint density at radius 3 is 2.72 bits per heavy atom. The van der Waals surface area contributed by atoms with E-state index in [4.69, 9.17) is 0 Å². The number of fused-ring (bicyclic) bond motifs is 2. The number of aromatic nitrogens is 3. The highest BCUT2D eigenvalue weighted by atomic mass is 19.1. The van der Waals surface area contributed by atoms with Crippen LogP contribution in [-0.2, 0) is 11.3 Å². The molecule has 0 unspecified atom stereocenters. The van der Waals surface area contributed by atoms with Crippen molar-refractivity contribution in [2.45, 2.75) is 33.4 Å². The minimum absolute atomic E-state index is 0.152. The second-order valence-electron chi connectivity index (χ2n) is 7.32. The van der Waals surface area contributed by atoms with E-state index in [1.165, 1.54) is 16.7 Å². The van der Waals surface area contributed by atoms with Crippen LogP contribution < -0.4 is 10.9 Å². The van der Waals surface area contributed by atoms with Crippen LogP contribution in [0.5, 0.6) is 0 Å². The summed E-state index contributed by atoms with van der Waals surface area (Å²) in [7, 11) is 0. The predicted octanol–water partition coefficient (Wildman–Crippen LogP) is 4.02. The average Bonchev–Trinajstić information content (AvgIpc) is 3.11. The van der Waals surface area contributed by atoms with Crippen LogP contribution in [0.15, 0.2) is 53.5 Å². The predicted molar refractivity (Wildman–Crippen MR) is 112 cm³/mol. The van der Waals surface area contributed by atoms with E-state index in [-0.39, 0.29) is 17.8 Å². The number of halogens is 1. The number of anilines is 1. The van der Waals surface area contributed by atoms with Crippen LogP contribution in [0.2, 0.25) is 0 Å². The second kappa shape index (κ2) is 7.16. The number of hydrogen-bond acceptors (Lipinski definition) is 3. The maximum atomic E-state index is 13.5. The van der Waals surface area contributed by atoms with Gasteiger partial charge in [-0.25, -0.2) is 9.37 Å². The molecule has 0 bridgehead atoms. The van der Waals surface area contributed by atoms with Gasteiger partial charge in [0.25, 0.3) is 5.56 Å². The molecule has 1 N–H and O–H groups in total. The van der Waals surface area contributed by atoms with Crippen LogP contribution in [0.1, 0.15) is 25.7 Å². The van der Waals surface area contributed by atoms with Crippen molar-refractivity contribution >= 4 is 33.4 Å². The number of amides is 1. The first-order valence-electron chi connectivity index (χ1n) is 9.41. The summed E-state index contributed by atoms with van der Waals surface area (Å²) in [5.41, 5.74) is 1.67. The molecule has 2 aromatic heterocycles. The summed E-state index contributed by atoms with van der Waals surface area (Å²) in [6, 6.07) is 11.8. The fourth-order valence-corrected chi connectivity index (χ4v) is 3.57. The maximum Gasteiger partial charge on any atom is 0.261 e. The van der Waals surface area contributed by atoms with Crippen molar-refractivity contribution in [2.75, 3.05) is 5.32 Å². The first-order valence-corrected chi connectivity index (χ1v) is 9.41. The lowest BCUT2D eigenvalue weighted by Crippen LogP contribution is -2.30. The van der Waals surface area contributed by atoms with Crippen molar-refractivity contribution in [3.05, 3.63) is 70.7 Å². The number of aryl methyl sites for hydroxylation is 1. The van der Waals surface area contributed by atoms with E-state index in [0.29, 0.717) is 23.1 Å². The van der Waals surface area contributed by atoms with Crippen LogP contribution in [0.4, 0.5) is 10.1 Å². The molecule has 4 aromatic rings. The molecular weight excluding hydrogens is 371 g/mol. The molecule has 0 saturated heterocycles. The summed E-state index contributed by atoms with van der Waals surface area (Å²) in [4.78, 5) is 29.8. The fourth-order valence-electron chi connectivity index (χ4n) is 3.57. The largest absolute Gasteiger partial charge is 0.345 e. The molecule has 7 heteroatoms. The number of benzene rings is 2. The topological polar surface area (TPSA) is 68.9 Å². The number of hydrogen-bond donors (Lipinski definition) is 1. The number of nitrogens with one attached hydrogen (secondary N) is 1. The normalized spacial score (nSPS) is 11.5. The Morgan fingerprint density at radius 1 is 1.17 bits per heavy atom. The van der Waals surface area contributed by atoms with E-state index < -0.39 is 11.4 Å². The van der Waals surface area contributed by atoms with E-state index in [2.05, 4.69) is 28.7 Å². The van der Waals surface area contributed by atoms with Gasteiger partial charge in [0.2, 0.25) is 5.91 Å². The van der Waals surface area contributed by atoms with E-state index in [1.54, 1.807) is 6.92 Å². The Kier molecular flexibility index (Phi) is 4.66. The highest BCUT2D eigenvalue weighted by molar-refractivity contribution is 6.01. The summed E-state index contributed by atoms with van der Waals surface area (Å²) < 4.78 is 16.9. The molecule has 0 saturated carbocycles. The standard InChI is InChI=1S/C22H21FN4O2/c1-13(2)26-10-9-16-18(5-4-6-20(16)26)25-21(28)12-27-14(3)24-19-8-7-15(23)11-17(19)22(27)29/h4-11,13H,12H2,1-3H3,(H,25,28). The molecule has 2 heterocycles. The SMILES string of the molecule is Cc1nc2ccc(F)cc2c(=O)n1CC(=O)Nc1cccc2c1ccn2C(C)C. The van der Waals surface area contributed by atoms with Crippen molar-refractivity contribution in [1.82, 2.24) is 14.1 Å². The molecule has 6 nitrogen and oxygen atoms in total. The quantitative estimate of drug-likeness (QED) is 0.570. The molecule has 148 valence electrons. The number of nitrogens with zero attached hydrogens (tertiary/aromatic N) is 3. The van der Waals surface area contributed by atoms with E-state index >= 15 is 0 Å². The van der Waals surface area contributed by atoms with Crippen molar-refractivity contribution in [3.8, 4) is 0 Å². The lowest BCUT2D eigenvalue weighted by molar-refractivity contribution is -0.116. The van der Waals surface area contributed by atoms with Crippen molar-refractivity contribution in [2.24, 2.45) is 0 Å². The Labute approximate surface area is 166 Å². The molecule has 0 aliphatic heterocycles. The van der Waals surface area contributed by atoms with Gasteiger partial charge in [0.15, 0.2) is 0 Å². The zero-order valence-corrected chi connectivity index (χ0v) is 16.4. The van der Waals surface area contributed by atoms with Crippen LogP contribution >= 0.6 is 0 Å². The number of rotatable bonds is 4. The summed E-state index contributed by atoms with van der Waals surface area (Å²) in [5, 5.41) is 3.97. The van der Waals surface area contributed by atoms with Gasteiger partial charge < -0.3 is 9.88 Å². The first kappa shape index (κ1) is 18.9. The van der Waals surface area contributed by atoms with Gasteiger partial charge in [-0.05, 0) is 57.2 Å². The second-order valence-corrected chi connectivity index (χ2v) is 7.32. The molecule has 1 amide bonds. The molecule has 0 aliphatic rings. The smallest absolute Gasteiger partial charge is 0.261 e. The van der Waals surface area contributed by atoms with Crippen LogP contribution in [0.25, 0.3) is 21.8 Å². The monoisotopic (exact) mass is 392 g/mol. The zero-order chi connectivity index (χ0) is 20.7. The van der Waals surface area contributed by atoms with Gasteiger partial charge in [0, 0.05) is 17.6 Å². The molecular formula is C22H21FN4O2. The Balaban J connectivity index is 1.66. The number of carbonyl (C=O) groups excluding carboxylic acids is 1. The highest BCUT2D eigenvalue weighted by Crippen LogP contribution is 2.26. The molecule has 4 rings (SSSR count). The molecule has 0 radical (unpaired) electrons. The minimum atomic E-state index is -0.516. The van der Waals surface area contributed by atoms with Crippen molar-refractivity contribution in [3.63, 3.8) is 0 Å². The lowest BCUT2D eigenvalue weighted by Gasteiger charge is -2.13. The van der Waals surface area contributed by atoms with Crippen LogP contribution in [-0.4, -0.2) is 20.0 Å². The Morgan fingerprint density at radius 2 is 1.97 bits per heavy atom. The van der Waals surface area contributed by atoms with Gasteiger partial charge in [0.05, 0.1) is 22.1 Å². The molecule has 0 aliphatic carbocycles. The molecule has 29 heavy (non-hydrogen) atoms. The number of carbonyl (C=O) groups is 1. The van der Waals surface area contributed by atoms with Gasteiger partial charge in [-0.3, -0.25) is 14.2 Å². The summed E-state index contributed by atoms with van der Waals surface area (Å²) >= 11 is 0.